The Morgan fingerprint density at radius 1 is 1.50 bits per heavy atom. The molecule has 1 aliphatic rings. The summed E-state index contributed by atoms with van der Waals surface area (Å²) in [6, 6.07) is 0. The zero-order chi connectivity index (χ0) is 9.03. The van der Waals surface area contributed by atoms with E-state index < -0.39 is 0 Å². The fourth-order valence-electron chi connectivity index (χ4n) is 1.54. The van der Waals surface area contributed by atoms with E-state index in [-0.39, 0.29) is 5.54 Å². The van der Waals surface area contributed by atoms with Crippen molar-refractivity contribution in [1.29, 1.82) is 0 Å². The highest BCUT2D eigenvalue weighted by atomic mass is 14.9. The summed E-state index contributed by atoms with van der Waals surface area (Å²) in [6.45, 7) is 6.47. The van der Waals surface area contributed by atoms with Gasteiger partial charge in [-0.1, -0.05) is 13.3 Å². The fraction of sp³-hybridized carbons (Fsp3) is 1.00. The van der Waals surface area contributed by atoms with Gasteiger partial charge in [0, 0.05) is 12.1 Å². The van der Waals surface area contributed by atoms with Gasteiger partial charge >= 0.3 is 0 Å². The average molecular weight is 170 g/mol. The van der Waals surface area contributed by atoms with Crippen LogP contribution >= 0.6 is 0 Å². The van der Waals surface area contributed by atoms with E-state index in [0.29, 0.717) is 0 Å². The van der Waals surface area contributed by atoms with Crippen LogP contribution in [0.4, 0.5) is 0 Å². The zero-order valence-corrected chi connectivity index (χ0v) is 8.40. The first-order valence-electron chi connectivity index (χ1n) is 5.13. The average Bonchev–Trinajstić information content (AvgIpc) is 2.70. The molecule has 1 saturated carbocycles. The molecule has 0 saturated heterocycles. The number of nitrogens with one attached hydrogen (secondary N) is 1. The van der Waals surface area contributed by atoms with Crippen LogP contribution in [0, 0.1) is 5.92 Å². The number of hydrogen-bond acceptors (Lipinski definition) is 2. The van der Waals surface area contributed by atoms with E-state index >= 15 is 0 Å². The first-order valence-corrected chi connectivity index (χ1v) is 5.13. The van der Waals surface area contributed by atoms with Crippen LogP contribution in [0.25, 0.3) is 0 Å². The van der Waals surface area contributed by atoms with Gasteiger partial charge in [0.15, 0.2) is 0 Å². The van der Waals surface area contributed by atoms with Crippen molar-refractivity contribution in [2.24, 2.45) is 11.7 Å². The molecule has 2 nitrogen and oxygen atoms in total. The molecule has 0 aromatic heterocycles. The number of nitrogens with two attached hydrogens (primary N) is 1. The molecule has 1 rings (SSSR count). The summed E-state index contributed by atoms with van der Waals surface area (Å²) < 4.78 is 0. The summed E-state index contributed by atoms with van der Waals surface area (Å²) in [4.78, 5) is 0. The van der Waals surface area contributed by atoms with Crippen molar-refractivity contribution in [2.75, 3.05) is 13.1 Å². The predicted molar refractivity (Wildman–Crippen MR) is 53.1 cm³/mol. The summed E-state index contributed by atoms with van der Waals surface area (Å²) in [5.41, 5.74) is 6.08. The monoisotopic (exact) mass is 170 g/mol. The lowest BCUT2D eigenvalue weighted by Gasteiger charge is -2.24. The van der Waals surface area contributed by atoms with Gasteiger partial charge in [-0.05, 0) is 38.6 Å². The van der Waals surface area contributed by atoms with Crippen molar-refractivity contribution in [3.8, 4) is 0 Å². The lowest BCUT2D eigenvalue weighted by Crippen LogP contribution is -2.46. The standard InChI is InChI=1S/C10H22N2/c1-3-6-10(2,11)8-12-7-9-4-5-9/h9,12H,3-8,11H2,1-2H3. The van der Waals surface area contributed by atoms with Crippen LogP contribution in [0.2, 0.25) is 0 Å². The fourth-order valence-corrected chi connectivity index (χ4v) is 1.54. The smallest absolute Gasteiger partial charge is 0.0252 e. The van der Waals surface area contributed by atoms with E-state index in [1.54, 1.807) is 0 Å². The Balaban J connectivity index is 2.01. The van der Waals surface area contributed by atoms with E-state index in [1.165, 1.54) is 25.8 Å². The Morgan fingerprint density at radius 2 is 2.17 bits per heavy atom. The SMILES string of the molecule is CCCC(C)(N)CNCC1CC1. The van der Waals surface area contributed by atoms with Crippen LogP contribution < -0.4 is 11.1 Å². The van der Waals surface area contributed by atoms with Gasteiger partial charge in [0.05, 0.1) is 0 Å². The minimum Gasteiger partial charge on any atom is -0.324 e. The van der Waals surface area contributed by atoms with Crippen molar-refractivity contribution >= 4 is 0 Å². The molecule has 12 heavy (non-hydrogen) atoms. The molecule has 0 spiro atoms. The van der Waals surface area contributed by atoms with Crippen LogP contribution in [0.5, 0.6) is 0 Å². The van der Waals surface area contributed by atoms with Crippen molar-refractivity contribution < 1.29 is 0 Å². The van der Waals surface area contributed by atoms with Crippen molar-refractivity contribution in [1.82, 2.24) is 5.32 Å². The van der Waals surface area contributed by atoms with Gasteiger partial charge in [-0.2, -0.15) is 0 Å². The predicted octanol–water partition coefficient (Wildman–Crippen LogP) is 1.50. The first-order chi connectivity index (χ1) is 5.64. The second kappa shape index (κ2) is 4.24. The molecule has 0 radical (unpaired) electrons. The van der Waals surface area contributed by atoms with Gasteiger partial charge in [0.1, 0.15) is 0 Å². The maximum atomic E-state index is 6.07. The van der Waals surface area contributed by atoms with Crippen LogP contribution in [-0.4, -0.2) is 18.6 Å². The summed E-state index contributed by atoms with van der Waals surface area (Å²) in [7, 11) is 0. The molecule has 2 heteroatoms. The first kappa shape index (κ1) is 10.0. The van der Waals surface area contributed by atoms with E-state index in [2.05, 4.69) is 19.2 Å². The van der Waals surface area contributed by atoms with E-state index in [9.17, 15) is 0 Å². The van der Waals surface area contributed by atoms with Gasteiger partial charge in [-0.15, -0.1) is 0 Å². The minimum absolute atomic E-state index is 0.00361. The molecule has 0 aromatic rings. The molecule has 0 heterocycles. The third kappa shape index (κ3) is 4.07. The molecule has 0 aliphatic heterocycles. The Morgan fingerprint density at radius 3 is 2.67 bits per heavy atom. The van der Waals surface area contributed by atoms with E-state index in [4.69, 9.17) is 5.73 Å². The number of rotatable bonds is 6. The Bertz CT molecular complexity index is 128. The maximum absolute atomic E-state index is 6.07. The largest absolute Gasteiger partial charge is 0.324 e. The van der Waals surface area contributed by atoms with Gasteiger partial charge in [-0.25, -0.2) is 0 Å². The van der Waals surface area contributed by atoms with Crippen molar-refractivity contribution in [3.63, 3.8) is 0 Å². The highest BCUT2D eigenvalue weighted by molar-refractivity contribution is 4.83. The third-order valence-electron chi connectivity index (χ3n) is 2.48. The van der Waals surface area contributed by atoms with Crippen LogP contribution in [0.3, 0.4) is 0 Å². The quantitative estimate of drug-likeness (QED) is 0.634. The maximum Gasteiger partial charge on any atom is 0.0252 e. The van der Waals surface area contributed by atoms with Crippen LogP contribution in [0.15, 0.2) is 0 Å². The molecule has 1 atom stereocenters. The summed E-state index contributed by atoms with van der Waals surface area (Å²) in [5, 5.41) is 3.45. The third-order valence-corrected chi connectivity index (χ3v) is 2.48. The Hall–Kier alpha value is -0.0800. The minimum atomic E-state index is 0.00361. The molecule has 1 fully saturated rings. The van der Waals surface area contributed by atoms with E-state index in [0.717, 1.165) is 18.9 Å². The Labute approximate surface area is 75.9 Å². The summed E-state index contributed by atoms with van der Waals surface area (Å²) in [5.74, 6) is 0.961. The molecule has 0 aromatic carbocycles. The van der Waals surface area contributed by atoms with Crippen LogP contribution in [-0.2, 0) is 0 Å². The van der Waals surface area contributed by atoms with Crippen LogP contribution in [0.1, 0.15) is 39.5 Å². The summed E-state index contributed by atoms with van der Waals surface area (Å²) in [6.07, 6.45) is 5.13. The zero-order valence-electron chi connectivity index (χ0n) is 8.40. The normalized spacial score (nSPS) is 22.2. The molecule has 0 bridgehead atoms. The second-order valence-corrected chi connectivity index (χ2v) is 4.48. The lowest BCUT2D eigenvalue weighted by molar-refractivity contribution is 0.394. The molecular formula is C10H22N2. The van der Waals surface area contributed by atoms with Gasteiger partial charge in [-0.3, -0.25) is 0 Å². The van der Waals surface area contributed by atoms with Gasteiger partial charge < -0.3 is 11.1 Å². The van der Waals surface area contributed by atoms with E-state index in [1.807, 2.05) is 0 Å². The molecule has 0 amide bonds. The molecule has 1 aliphatic carbocycles. The number of hydrogen-bond donors (Lipinski definition) is 2. The van der Waals surface area contributed by atoms with Crippen molar-refractivity contribution in [3.05, 3.63) is 0 Å². The highest BCUT2D eigenvalue weighted by Crippen LogP contribution is 2.27. The molecule has 3 N–H and O–H groups in total. The summed E-state index contributed by atoms with van der Waals surface area (Å²) >= 11 is 0. The highest BCUT2D eigenvalue weighted by Gasteiger charge is 2.22. The van der Waals surface area contributed by atoms with Gasteiger partial charge in [0.25, 0.3) is 0 Å². The molecular weight excluding hydrogens is 148 g/mol. The second-order valence-electron chi connectivity index (χ2n) is 4.48. The molecule has 72 valence electrons. The molecule has 1 unspecified atom stereocenters. The lowest BCUT2D eigenvalue weighted by atomic mass is 9.98. The Kier molecular flexibility index (Phi) is 3.53. The van der Waals surface area contributed by atoms with Crippen molar-refractivity contribution in [2.45, 2.75) is 45.1 Å². The topological polar surface area (TPSA) is 38.0 Å². The van der Waals surface area contributed by atoms with Gasteiger partial charge in [0.2, 0.25) is 0 Å².